The van der Waals surface area contributed by atoms with Gasteiger partial charge in [-0.05, 0) is 51.0 Å². The molecule has 0 bridgehead atoms. The lowest BCUT2D eigenvalue weighted by Gasteiger charge is -2.29. The number of hydrogen-bond acceptors (Lipinski definition) is 2. The standard InChI is InChI=1S/C22H26Cl2N2O2/c1-14(2)25-22(28)16(4)26(13-17-7-5-15(3)6-8-17)21(27)11-18-9-10-19(23)12-20(18)24/h5-10,12,14,16H,11,13H2,1-4H3,(H,25,28). The molecule has 1 unspecified atom stereocenters. The van der Waals surface area contributed by atoms with Crippen molar-refractivity contribution in [1.29, 1.82) is 0 Å². The molecule has 2 amide bonds. The first-order chi connectivity index (χ1) is 13.2. The van der Waals surface area contributed by atoms with Crippen LogP contribution >= 0.6 is 23.2 Å². The van der Waals surface area contributed by atoms with Crippen LogP contribution in [-0.4, -0.2) is 28.8 Å². The van der Waals surface area contributed by atoms with Crippen LogP contribution in [0.25, 0.3) is 0 Å². The summed E-state index contributed by atoms with van der Waals surface area (Å²) in [4.78, 5) is 27.3. The predicted molar refractivity (Wildman–Crippen MR) is 115 cm³/mol. The summed E-state index contributed by atoms with van der Waals surface area (Å²) in [5, 5.41) is 3.84. The largest absolute Gasteiger partial charge is 0.352 e. The Kier molecular flexibility index (Phi) is 7.90. The van der Waals surface area contributed by atoms with Crippen LogP contribution in [0, 0.1) is 6.92 Å². The maximum absolute atomic E-state index is 13.1. The van der Waals surface area contributed by atoms with Crippen molar-refractivity contribution in [2.24, 2.45) is 0 Å². The number of benzene rings is 2. The minimum atomic E-state index is -0.609. The maximum atomic E-state index is 13.1. The van der Waals surface area contributed by atoms with Crippen LogP contribution in [0.2, 0.25) is 10.0 Å². The number of carbonyl (C=O) groups excluding carboxylic acids is 2. The topological polar surface area (TPSA) is 49.4 Å². The molecule has 4 nitrogen and oxygen atoms in total. The van der Waals surface area contributed by atoms with E-state index in [1.807, 2.05) is 45.0 Å². The van der Waals surface area contributed by atoms with E-state index in [-0.39, 0.29) is 24.3 Å². The molecule has 0 aliphatic heterocycles. The quantitative estimate of drug-likeness (QED) is 0.699. The highest BCUT2D eigenvalue weighted by atomic mass is 35.5. The smallest absolute Gasteiger partial charge is 0.242 e. The normalized spacial score (nSPS) is 12.0. The van der Waals surface area contributed by atoms with Crippen molar-refractivity contribution >= 4 is 35.0 Å². The number of halogens is 2. The molecule has 2 aromatic carbocycles. The number of carbonyl (C=O) groups is 2. The second kappa shape index (κ2) is 9.94. The molecule has 0 radical (unpaired) electrons. The SMILES string of the molecule is Cc1ccc(CN(C(=O)Cc2ccc(Cl)cc2Cl)C(C)C(=O)NC(C)C)cc1. The molecule has 2 aromatic rings. The highest BCUT2D eigenvalue weighted by Gasteiger charge is 2.27. The van der Waals surface area contributed by atoms with E-state index in [0.29, 0.717) is 22.2 Å². The van der Waals surface area contributed by atoms with Crippen LogP contribution in [0.3, 0.4) is 0 Å². The van der Waals surface area contributed by atoms with Crippen molar-refractivity contribution in [2.75, 3.05) is 0 Å². The minimum Gasteiger partial charge on any atom is -0.352 e. The average molecular weight is 421 g/mol. The van der Waals surface area contributed by atoms with Crippen LogP contribution < -0.4 is 5.32 Å². The van der Waals surface area contributed by atoms with Gasteiger partial charge in [0.05, 0.1) is 6.42 Å². The van der Waals surface area contributed by atoms with E-state index >= 15 is 0 Å². The zero-order valence-corrected chi connectivity index (χ0v) is 18.1. The van der Waals surface area contributed by atoms with Gasteiger partial charge in [0.2, 0.25) is 11.8 Å². The Hall–Kier alpha value is -2.04. The molecule has 0 aliphatic carbocycles. The minimum absolute atomic E-state index is 0.00279. The fraction of sp³-hybridized carbons (Fsp3) is 0.364. The van der Waals surface area contributed by atoms with Gasteiger partial charge in [-0.1, -0.05) is 59.1 Å². The highest BCUT2D eigenvalue weighted by molar-refractivity contribution is 6.35. The van der Waals surface area contributed by atoms with E-state index in [1.54, 1.807) is 30.0 Å². The molecule has 0 saturated carbocycles. The number of nitrogens with one attached hydrogen (secondary N) is 1. The van der Waals surface area contributed by atoms with Gasteiger partial charge in [-0.2, -0.15) is 0 Å². The van der Waals surface area contributed by atoms with Gasteiger partial charge in [0.1, 0.15) is 6.04 Å². The molecule has 6 heteroatoms. The fourth-order valence-electron chi connectivity index (χ4n) is 2.81. The molecule has 1 atom stereocenters. The van der Waals surface area contributed by atoms with Crippen LogP contribution in [0.4, 0.5) is 0 Å². The Labute approximate surface area is 176 Å². The summed E-state index contributed by atoms with van der Waals surface area (Å²) in [6, 6.07) is 12.4. The van der Waals surface area contributed by atoms with Gasteiger partial charge >= 0.3 is 0 Å². The van der Waals surface area contributed by atoms with Crippen LogP contribution in [0.5, 0.6) is 0 Å². The first kappa shape index (κ1) is 22.3. The summed E-state index contributed by atoms with van der Waals surface area (Å²) in [6.07, 6.45) is 0.0984. The van der Waals surface area contributed by atoms with Crippen LogP contribution in [0.1, 0.15) is 37.5 Å². The number of rotatable bonds is 7. The van der Waals surface area contributed by atoms with Gasteiger partial charge in [-0.3, -0.25) is 9.59 Å². The monoisotopic (exact) mass is 420 g/mol. The molecule has 0 fully saturated rings. The molecule has 1 N–H and O–H groups in total. The maximum Gasteiger partial charge on any atom is 0.242 e. The summed E-state index contributed by atoms with van der Waals surface area (Å²) in [5.41, 5.74) is 2.78. The second-order valence-electron chi connectivity index (χ2n) is 7.26. The molecular weight excluding hydrogens is 395 g/mol. The summed E-state index contributed by atoms with van der Waals surface area (Å²) in [5.74, 6) is -0.353. The molecule has 0 heterocycles. The Morgan fingerprint density at radius 1 is 1.04 bits per heavy atom. The molecule has 28 heavy (non-hydrogen) atoms. The Bertz CT molecular complexity index is 835. The van der Waals surface area contributed by atoms with Crippen molar-refractivity contribution < 1.29 is 9.59 Å². The van der Waals surface area contributed by atoms with Gasteiger partial charge in [-0.15, -0.1) is 0 Å². The lowest BCUT2D eigenvalue weighted by molar-refractivity contribution is -0.140. The number of hydrogen-bond donors (Lipinski definition) is 1. The van der Waals surface area contributed by atoms with E-state index in [2.05, 4.69) is 5.32 Å². The molecule has 150 valence electrons. The lowest BCUT2D eigenvalue weighted by Crippen LogP contribution is -2.49. The van der Waals surface area contributed by atoms with Crippen molar-refractivity contribution in [1.82, 2.24) is 10.2 Å². The molecule has 0 spiro atoms. The lowest BCUT2D eigenvalue weighted by atomic mass is 10.1. The highest BCUT2D eigenvalue weighted by Crippen LogP contribution is 2.22. The van der Waals surface area contributed by atoms with Gasteiger partial charge in [-0.25, -0.2) is 0 Å². The predicted octanol–water partition coefficient (Wildman–Crippen LogP) is 4.79. The van der Waals surface area contributed by atoms with Crippen molar-refractivity contribution in [3.05, 3.63) is 69.2 Å². The van der Waals surface area contributed by atoms with Crippen molar-refractivity contribution in [2.45, 2.75) is 52.7 Å². The van der Waals surface area contributed by atoms with Gasteiger partial charge in [0.15, 0.2) is 0 Å². The number of aryl methyl sites for hydroxylation is 1. The molecule has 0 saturated heterocycles. The second-order valence-corrected chi connectivity index (χ2v) is 8.10. The Morgan fingerprint density at radius 3 is 2.25 bits per heavy atom. The van der Waals surface area contributed by atoms with Crippen LogP contribution in [-0.2, 0) is 22.6 Å². The zero-order chi connectivity index (χ0) is 20.8. The number of nitrogens with zero attached hydrogens (tertiary/aromatic N) is 1. The summed E-state index contributed by atoms with van der Waals surface area (Å²) >= 11 is 12.2. The Morgan fingerprint density at radius 2 is 1.68 bits per heavy atom. The molecular formula is C22H26Cl2N2O2. The van der Waals surface area contributed by atoms with Crippen molar-refractivity contribution in [3.63, 3.8) is 0 Å². The summed E-state index contributed by atoms with van der Waals surface area (Å²) < 4.78 is 0. The van der Waals surface area contributed by atoms with Crippen molar-refractivity contribution in [3.8, 4) is 0 Å². The molecule has 0 aliphatic rings. The molecule has 2 rings (SSSR count). The third-order valence-corrected chi connectivity index (χ3v) is 5.02. The zero-order valence-electron chi connectivity index (χ0n) is 16.6. The van der Waals surface area contributed by atoms with Crippen LogP contribution in [0.15, 0.2) is 42.5 Å². The van der Waals surface area contributed by atoms with Gasteiger partial charge in [0.25, 0.3) is 0 Å². The third kappa shape index (κ3) is 6.25. The van der Waals surface area contributed by atoms with Gasteiger partial charge in [0, 0.05) is 22.6 Å². The molecule has 0 aromatic heterocycles. The van der Waals surface area contributed by atoms with E-state index in [9.17, 15) is 9.59 Å². The van der Waals surface area contributed by atoms with E-state index < -0.39 is 6.04 Å². The number of amides is 2. The van der Waals surface area contributed by atoms with E-state index in [1.165, 1.54) is 0 Å². The third-order valence-electron chi connectivity index (χ3n) is 4.43. The summed E-state index contributed by atoms with van der Waals surface area (Å²) in [6.45, 7) is 7.88. The van der Waals surface area contributed by atoms with Gasteiger partial charge < -0.3 is 10.2 Å². The summed E-state index contributed by atoms with van der Waals surface area (Å²) in [7, 11) is 0. The first-order valence-electron chi connectivity index (χ1n) is 9.26. The van der Waals surface area contributed by atoms with E-state index in [0.717, 1.165) is 11.1 Å². The van der Waals surface area contributed by atoms with E-state index in [4.69, 9.17) is 23.2 Å². The average Bonchev–Trinajstić information content (AvgIpc) is 2.62. The Balaban J connectivity index is 2.26. The first-order valence-corrected chi connectivity index (χ1v) is 10.0. The fourth-order valence-corrected chi connectivity index (χ4v) is 3.28.